The summed E-state index contributed by atoms with van der Waals surface area (Å²) in [4.78, 5) is 10.3. The van der Waals surface area contributed by atoms with Crippen LogP contribution in [0.5, 0.6) is 5.75 Å². The van der Waals surface area contributed by atoms with Crippen LogP contribution in [0, 0.1) is 0 Å². The van der Waals surface area contributed by atoms with Crippen molar-refractivity contribution in [3.63, 3.8) is 0 Å². The van der Waals surface area contributed by atoms with Crippen molar-refractivity contribution in [2.45, 2.75) is 10.9 Å². The normalized spacial score (nSPS) is 13.4. The van der Waals surface area contributed by atoms with Crippen molar-refractivity contribution in [3.8, 4) is 5.75 Å². The summed E-state index contributed by atoms with van der Waals surface area (Å²) in [5, 5.41) is 18.1. The van der Waals surface area contributed by atoms with Crippen molar-refractivity contribution in [2.75, 3.05) is 6.26 Å². The molecule has 0 saturated heterocycles. The van der Waals surface area contributed by atoms with Gasteiger partial charge in [0, 0.05) is 6.26 Å². The van der Waals surface area contributed by atoms with Crippen LogP contribution >= 0.6 is 0 Å². The first-order chi connectivity index (χ1) is 7.23. The monoisotopic (exact) mass is 245 g/mol. The number of benzene rings is 1. The Kier molecular flexibility index (Phi) is 3.20. The lowest BCUT2D eigenvalue weighted by Crippen LogP contribution is -2.20. The molecule has 7 heteroatoms. The van der Waals surface area contributed by atoms with E-state index in [1.807, 2.05) is 0 Å². The third kappa shape index (κ3) is 2.50. The van der Waals surface area contributed by atoms with Gasteiger partial charge in [-0.2, -0.15) is 0 Å². The van der Waals surface area contributed by atoms with Gasteiger partial charge in [-0.05, 0) is 17.7 Å². The Hall–Kier alpha value is -1.60. The van der Waals surface area contributed by atoms with Crippen LogP contribution in [0.25, 0.3) is 0 Å². The Morgan fingerprint density at radius 1 is 1.44 bits per heavy atom. The number of hydrogen-bond donors (Lipinski definition) is 3. The van der Waals surface area contributed by atoms with E-state index in [1.54, 1.807) is 0 Å². The second-order valence-electron chi connectivity index (χ2n) is 3.32. The van der Waals surface area contributed by atoms with Crippen LogP contribution in [0.4, 0.5) is 0 Å². The van der Waals surface area contributed by atoms with E-state index in [1.165, 1.54) is 6.07 Å². The van der Waals surface area contributed by atoms with Crippen molar-refractivity contribution < 1.29 is 23.4 Å². The highest BCUT2D eigenvalue weighted by molar-refractivity contribution is 7.90. The minimum absolute atomic E-state index is 0.136. The lowest BCUT2D eigenvalue weighted by molar-refractivity contribution is -0.138. The lowest BCUT2D eigenvalue weighted by Gasteiger charge is -2.09. The molecular formula is C9H11NO5S. The van der Waals surface area contributed by atoms with E-state index >= 15 is 0 Å². The highest BCUT2D eigenvalue weighted by Crippen LogP contribution is 2.25. The van der Waals surface area contributed by atoms with Crippen molar-refractivity contribution in [1.29, 1.82) is 0 Å². The number of aliphatic carboxylic acids is 1. The first kappa shape index (κ1) is 12.5. The Bertz CT molecular complexity index is 523. The van der Waals surface area contributed by atoms with Gasteiger partial charge in [0.1, 0.15) is 16.7 Å². The molecule has 6 nitrogen and oxygen atoms in total. The average molecular weight is 245 g/mol. The molecular weight excluding hydrogens is 234 g/mol. The van der Waals surface area contributed by atoms with Gasteiger partial charge in [-0.3, -0.25) is 4.79 Å². The minimum atomic E-state index is -3.53. The molecule has 1 aromatic carbocycles. The number of hydrogen-bond acceptors (Lipinski definition) is 5. The molecule has 16 heavy (non-hydrogen) atoms. The number of nitrogens with two attached hydrogens (primary N) is 1. The number of sulfone groups is 1. The minimum Gasteiger partial charge on any atom is -0.507 e. The molecule has 0 fully saturated rings. The number of aromatic hydroxyl groups is 1. The lowest BCUT2D eigenvalue weighted by atomic mass is 10.1. The predicted octanol–water partition coefficient (Wildman–Crippen LogP) is -0.120. The Labute approximate surface area is 92.2 Å². The molecule has 1 atom stereocenters. The molecule has 0 aliphatic heterocycles. The fraction of sp³-hybridized carbons (Fsp3) is 0.222. The van der Waals surface area contributed by atoms with Crippen molar-refractivity contribution in [3.05, 3.63) is 23.8 Å². The molecule has 1 unspecified atom stereocenters. The van der Waals surface area contributed by atoms with Gasteiger partial charge in [0.15, 0.2) is 9.84 Å². The van der Waals surface area contributed by atoms with E-state index < -0.39 is 27.6 Å². The molecule has 0 heterocycles. The zero-order valence-corrected chi connectivity index (χ0v) is 9.23. The Morgan fingerprint density at radius 2 is 2.00 bits per heavy atom. The summed E-state index contributed by atoms with van der Waals surface area (Å²) in [5.41, 5.74) is 5.44. The molecule has 0 saturated carbocycles. The number of carbonyl (C=O) groups is 1. The molecule has 0 bridgehead atoms. The second kappa shape index (κ2) is 4.11. The fourth-order valence-corrected chi connectivity index (χ4v) is 1.94. The number of phenolic OH excluding ortho intramolecular Hbond substituents is 1. The van der Waals surface area contributed by atoms with Gasteiger partial charge in [-0.1, -0.05) is 6.07 Å². The fourth-order valence-electron chi connectivity index (χ4n) is 1.18. The van der Waals surface area contributed by atoms with Gasteiger partial charge in [-0.15, -0.1) is 0 Å². The van der Waals surface area contributed by atoms with E-state index in [-0.39, 0.29) is 10.5 Å². The Morgan fingerprint density at radius 3 is 2.38 bits per heavy atom. The average Bonchev–Trinajstić information content (AvgIpc) is 2.14. The third-order valence-corrected chi connectivity index (χ3v) is 3.15. The molecule has 0 radical (unpaired) electrons. The van der Waals surface area contributed by atoms with E-state index in [9.17, 15) is 18.3 Å². The maximum atomic E-state index is 11.2. The largest absolute Gasteiger partial charge is 0.507 e. The van der Waals surface area contributed by atoms with E-state index in [4.69, 9.17) is 10.8 Å². The zero-order valence-electron chi connectivity index (χ0n) is 8.41. The van der Waals surface area contributed by atoms with Crippen LogP contribution < -0.4 is 5.73 Å². The molecule has 1 aromatic rings. The molecule has 4 N–H and O–H groups in total. The van der Waals surface area contributed by atoms with Gasteiger partial charge in [0.2, 0.25) is 0 Å². The molecule has 0 spiro atoms. The van der Waals surface area contributed by atoms with Gasteiger partial charge < -0.3 is 15.9 Å². The van der Waals surface area contributed by atoms with Crippen molar-refractivity contribution in [2.24, 2.45) is 5.73 Å². The third-order valence-electron chi connectivity index (χ3n) is 2.01. The van der Waals surface area contributed by atoms with Gasteiger partial charge in [-0.25, -0.2) is 8.42 Å². The number of phenols is 1. The molecule has 1 rings (SSSR count). The topological polar surface area (TPSA) is 118 Å². The zero-order chi connectivity index (χ0) is 12.5. The van der Waals surface area contributed by atoms with Crippen LogP contribution in [-0.4, -0.2) is 30.9 Å². The van der Waals surface area contributed by atoms with Gasteiger partial charge in [0.05, 0.1) is 0 Å². The smallest absolute Gasteiger partial charge is 0.325 e. The van der Waals surface area contributed by atoms with Crippen LogP contribution in [0.1, 0.15) is 11.6 Å². The predicted molar refractivity (Wildman–Crippen MR) is 55.8 cm³/mol. The highest BCUT2D eigenvalue weighted by Gasteiger charge is 2.18. The summed E-state index contributed by atoms with van der Waals surface area (Å²) in [7, 11) is -3.53. The number of carboxylic acid groups (broad SMARTS) is 1. The van der Waals surface area contributed by atoms with Crippen molar-refractivity contribution in [1.82, 2.24) is 0 Å². The highest BCUT2D eigenvalue weighted by atomic mass is 32.2. The molecule has 0 aliphatic rings. The molecule has 88 valence electrons. The van der Waals surface area contributed by atoms with Crippen LogP contribution in [0.2, 0.25) is 0 Å². The molecule has 0 amide bonds. The van der Waals surface area contributed by atoms with Gasteiger partial charge >= 0.3 is 5.97 Å². The van der Waals surface area contributed by atoms with E-state index in [0.717, 1.165) is 18.4 Å². The maximum Gasteiger partial charge on any atom is 0.325 e. The molecule has 0 aromatic heterocycles. The van der Waals surface area contributed by atoms with Crippen LogP contribution in [-0.2, 0) is 14.6 Å². The SMILES string of the molecule is CS(=O)(=O)c1ccc(C(N)C(=O)O)cc1O. The summed E-state index contributed by atoms with van der Waals surface area (Å²) in [6, 6.07) is 2.13. The summed E-state index contributed by atoms with van der Waals surface area (Å²) in [5.74, 6) is -1.76. The van der Waals surface area contributed by atoms with Crippen LogP contribution in [0.15, 0.2) is 23.1 Å². The maximum absolute atomic E-state index is 11.2. The van der Waals surface area contributed by atoms with E-state index in [2.05, 4.69) is 0 Å². The van der Waals surface area contributed by atoms with E-state index in [0.29, 0.717) is 0 Å². The first-order valence-electron chi connectivity index (χ1n) is 4.25. The first-order valence-corrected chi connectivity index (χ1v) is 6.14. The number of rotatable bonds is 3. The summed E-state index contributed by atoms with van der Waals surface area (Å²) >= 11 is 0. The van der Waals surface area contributed by atoms with Gasteiger partial charge in [0.25, 0.3) is 0 Å². The Balaban J connectivity index is 3.25. The summed E-state index contributed by atoms with van der Waals surface area (Å²) in [6.45, 7) is 0. The summed E-state index contributed by atoms with van der Waals surface area (Å²) in [6.07, 6.45) is 0.943. The molecule has 0 aliphatic carbocycles. The van der Waals surface area contributed by atoms with Crippen molar-refractivity contribution >= 4 is 15.8 Å². The second-order valence-corrected chi connectivity index (χ2v) is 5.30. The number of carboxylic acids is 1. The quantitative estimate of drug-likeness (QED) is 0.683. The summed E-state index contributed by atoms with van der Waals surface area (Å²) < 4.78 is 22.3. The van der Waals surface area contributed by atoms with Crippen LogP contribution in [0.3, 0.4) is 0 Å². The standard InChI is InChI=1S/C9H11NO5S/c1-16(14,15)7-3-2-5(4-6(7)11)8(10)9(12)13/h2-4,8,11H,10H2,1H3,(H,12,13).